The molecule has 5 heteroatoms. The molecule has 0 bridgehead atoms. The third kappa shape index (κ3) is 6.31. The molecule has 0 aliphatic heterocycles. The van der Waals surface area contributed by atoms with E-state index in [0.717, 1.165) is 0 Å². The molecule has 0 N–H and O–H groups in total. The molecule has 4 aromatic rings. The van der Waals surface area contributed by atoms with E-state index in [2.05, 4.69) is 0 Å². The molecule has 0 fully saturated rings. The number of hydrogen-bond donors (Lipinski definition) is 0. The molecule has 0 aliphatic carbocycles. The van der Waals surface area contributed by atoms with Crippen LogP contribution in [0.2, 0.25) is 0 Å². The van der Waals surface area contributed by atoms with Gasteiger partial charge in [-0.25, -0.2) is 8.78 Å². The summed E-state index contributed by atoms with van der Waals surface area (Å²) in [7, 11) is 0. The number of hydrogen-bond acceptors (Lipinski definition) is 3. The SMILES string of the molecule is Fc1ccc(C=COC=Cc2ccc(F)c(Oc3ccccc3)c2)cc1Oc1ccccc1. The fourth-order valence-corrected chi connectivity index (χ4v) is 2.92. The molecule has 0 aliphatic rings. The molecule has 0 radical (unpaired) electrons. The molecule has 3 nitrogen and oxygen atoms in total. The van der Waals surface area contributed by atoms with Gasteiger partial charge in [-0.05, 0) is 71.8 Å². The van der Waals surface area contributed by atoms with Crippen LogP contribution in [-0.4, -0.2) is 0 Å². The highest BCUT2D eigenvalue weighted by atomic mass is 19.1. The van der Waals surface area contributed by atoms with Crippen molar-refractivity contribution in [2.45, 2.75) is 0 Å². The first-order chi connectivity index (χ1) is 16.2. The molecule has 0 saturated heterocycles. The van der Waals surface area contributed by atoms with Gasteiger partial charge in [0.25, 0.3) is 0 Å². The number of halogens is 2. The molecule has 0 amide bonds. The Labute approximate surface area is 190 Å². The Hall–Kier alpha value is -4.38. The van der Waals surface area contributed by atoms with Gasteiger partial charge < -0.3 is 14.2 Å². The van der Waals surface area contributed by atoms with Crippen LogP contribution in [0.3, 0.4) is 0 Å². The first kappa shape index (κ1) is 21.8. The lowest BCUT2D eigenvalue weighted by molar-refractivity contribution is 0.410. The molecule has 0 heterocycles. The Balaban J connectivity index is 1.37. The second-order valence-electron chi connectivity index (χ2n) is 6.95. The Kier molecular flexibility index (Phi) is 7.13. The van der Waals surface area contributed by atoms with Crippen molar-refractivity contribution >= 4 is 12.2 Å². The summed E-state index contributed by atoms with van der Waals surface area (Å²) >= 11 is 0. The number of ether oxygens (including phenoxy) is 3. The van der Waals surface area contributed by atoms with Crippen LogP contribution in [0, 0.1) is 11.6 Å². The Bertz CT molecular complexity index is 1150. The molecule has 0 spiro atoms. The largest absolute Gasteiger partial charge is 0.473 e. The van der Waals surface area contributed by atoms with Crippen molar-refractivity contribution in [3.63, 3.8) is 0 Å². The average molecular weight is 442 g/mol. The van der Waals surface area contributed by atoms with Gasteiger partial charge in [0.15, 0.2) is 23.1 Å². The predicted molar refractivity (Wildman–Crippen MR) is 125 cm³/mol. The summed E-state index contributed by atoms with van der Waals surface area (Å²) < 4.78 is 44.7. The monoisotopic (exact) mass is 442 g/mol. The van der Waals surface area contributed by atoms with Gasteiger partial charge in [-0.3, -0.25) is 0 Å². The van der Waals surface area contributed by atoms with E-state index in [9.17, 15) is 8.78 Å². The summed E-state index contributed by atoms with van der Waals surface area (Å²) in [6.45, 7) is 0. The van der Waals surface area contributed by atoms with Gasteiger partial charge in [0.1, 0.15) is 11.5 Å². The quantitative estimate of drug-likeness (QED) is 0.257. The van der Waals surface area contributed by atoms with Gasteiger partial charge in [0, 0.05) is 0 Å². The number of benzene rings is 4. The van der Waals surface area contributed by atoms with Crippen molar-refractivity contribution in [2.24, 2.45) is 0 Å². The normalized spacial score (nSPS) is 11.1. The van der Waals surface area contributed by atoms with E-state index in [1.165, 1.54) is 24.7 Å². The first-order valence-electron chi connectivity index (χ1n) is 10.2. The van der Waals surface area contributed by atoms with Crippen LogP contribution in [0.15, 0.2) is 110 Å². The van der Waals surface area contributed by atoms with Gasteiger partial charge in [0.2, 0.25) is 0 Å². The molecular weight excluding hydrogens is 422 g/mol. The van der Waals surface area contributed by atoms with Crippen LogP contribution in [0.1, 0.15) is 11.1 Å². The van der Waals surface area contributed by atoms with E-state index < -0.39 is 11.6 Å². The molecule has 0 aromatic heterocycles. The maximum absolute atomic E-state index is 14.1. The molecule has 0 saturated carbocycles. The van der Waals surface area contributed by atoms with Crippen molar-refractivity contribution < 1.29 is 23.0 Å². The van der Waals surface area contributed by atoms with Crippen LogP contribution in [0.25, 0.3) is 12.2 Å². The van der Waals surface area contributed by atoms with Gasteiger partial charge >= 0.3 is 0 Å². The summed E-state index contributed by atoms with van der Waals surface area (Å²) in [5.74, 6) is 0.425. The van der Waals surface area contributed by atoms with E-state index in [-0.39, 0.29) is 11.5 Å². The minimum atomic E-state index is -0.457. The third-order valence-electron chi connectivity index (χ3n) is 4.53. The molecule has 33 heavy (non-hydrogen) atoms. The lowest BCUT2D eigenvalue weighted by Crippen LogP contribution is -1.89. The van der Waals surface area contributed by atoms with E-state index >= 15 is 0 Å². The van der Waals surface area contributed by atoms with E-state index in [4.69, 9.17) is 14.2 Å². The van der Waals surface area contributed by atoms with Crippen LogP contribution in [0.5, 0.6) is 23.0 Å². The second kappa shape index (κ2) is 10.8. The van der Waals surface area contributed by atoms with E-state index in [1.54, 1.807) is 60.7 Å². The summed E-state index contributed by atoms with van der Waals surface area (Å²) in [4.78, 5) is 0. The van der Waals surface area contributed by atoms with E-state index in [0.29, 0.717) is 22.6 Å². The molecule has 4 aromatic carbocycles. The Morgan fingerprint density at radius 3 is 1.36 bits per heavy atom. The molecule has 4 rings (SSSR count). The van der Waals surface area contributed by atoms with Crippen molar-refractivity contribution in [1.82, 2.24) is 0 Å². The lowest BCUT2D eigenvalue weighted by atomic mass is 10.2. The fraction of sp³-hybridized carbons (Fsp3) is 0. The van der Waals surface area contributed by atoms with E-state index in [1.807, 2.05) is 36.4 Å². The van der Waals surface area contributed by atoms with Crippen molar-refractivity contribution in [2.75, 3.05) is 0 Å². The summed E-state index contributed by atoms with van der Waals surface area (Å²) in [6.07, 6.45) is 6.27. The highest BCUT2D eigenvalue weighted by Gasteiger charge is 2.06. The lowest BCUT2D eigenvalue weighted by Gasteiger charge is -2.07. The Morgan fingerprint density at radius 1 is 0.515 bits per heavy atom. The minimum Gasteiger partial charge on any atom is -0.473 e. The standard InChI is InChI=1S/C28H20F2O3/c29-25-13-11-21(19-27(25)32-23-7-3-1-4-8-23)15-17-31-18-16-22-12-14-26(30)28(20-22)33-24-9-5-2-6-10-24/h1-20H. The Morgan fingerprint density at radius 2 is 0.939 bits per heavy atom. The van der Waals surface area contributed by atoms with Crippen LogP contribution in [0.4, 0.5) is 8.78 Å². The first-order valence-corrected chi connectivity index (χ1v) is 10.2. The third-order valence-corrected chi connectivity index (χ3v) is 4.53. The zero-order chi connectivity index (χ0) is 22.9. The maximum Gasteiger partial charge on any atom is 0.165 e. The van der Waals surface area contributed by atoms with Gasteiger partial charge in [-0.2, -0.15) is 0 Å². The average Bonchev–Trinajstić information content (AvgIpc) is 2.84. The summed E-state index contributed by atoms with van der Waals surface area (Å²) in [6, 6.07) is 27.0. The smallest absolute Gasteiger partial charge is 0.165 e. The molecule has 164 valence electrons. The minimum absolute atomic E-state index is 0.121. The van der Waals surface area contributed by atoms with Crippen LogP contribution >= 0.6 is 0 Å². The summed E-state index contributed by atoms with van der Waals surface area (Å²) in [5, 5.41) is 0. The van der Waals surface area contributed by atoms with Gasteiger partial charge in [-0.1, -0.05) is 48.5 Å². The number of para-hydroxylation sites is 2. The highest BCUT2D eigenvalue weighted by Crippen LogP contribution is 2.27. The zero-order valence-electron chi connectivity index (χ0n) is 17.5. The topological polar surface area (TPSA) is 27.7 Å². The maximum atomic E-state index is 14.1. The molecular formula is C28H20F2O3. The molecule has 0 atom stereocenters. The van der Waals surface area contributed by atoms with Crippen molar-refractivity contribution in [3.8, 4) is 23.0 Å². The number of rotatable bonds is 8. The van der Waals surface area contributed by atoms with Crippen LogP contribution < -0.4 is 9.47 Å². The zero-order valence-corrected chi connectivity index (χ0v) is 17.5. The van der Waals surface area contributed by atoms with Crippen molar-refractivity contribution in [3.05, 3.63) is 132 Å². The highest BCUT2D eigenvalue weighted by molar-refractivity contribution is 5.53. The fourth-order valence-electron chi connectivity index (χ4n) is 2.92. The molecule has 0 unspecified atom stereocenters. The van der Waals surface area contributed by atoms with Gasteiger partial charge in [0.05, 0.1) is 12.5 Å². The second-order valence-corrected chi connectivity index (χ2v) is 6.95. The van der Waals surface area contributed by atoms with Crippen LogP contribution in [-0.2, 0) is 4.74 Å². The van der Waals surface area contributed by atoms with Gasteiger partial charge in [-0.15, -0.1) is 0 Å². The van der Waals surface area contributed by atoms with Crippen molar-refractivity contribution in [1.29, 1.82) is 0 Å². The summed E-state index contributed by atoms with van der Waals surface area (Å²) in [5.41, 5.74) is 1.41. The predicted octanol–water partition coefficient (Wildman–Crippen LogP) is 8.21.